The zero-order valence-electron chi connectivity index (χ0n) is 12.8. The van der Waals surface area contributed by atoms with Gasteiger partial charge in [0.15, 0.2) is 0 Å². The standard InChI is InChI=1S/C16H23FN2O2/c1-11-14(18-8-9-21-11)15(20)19-10-16(2,3)12-4-6-13(17)7-5-12/h4-7,11,14,18H,8-10H2,1-3H3,(H,19,20)/t11-,14+/m1/s1. The predicted octanol–water partition coefficient (Wildman–Crippen LogP) is 1.60. The topological polar surface area (TPSA) is 50.4 Å². The number of benzene rings is 1. The summed E-state index contributed by atoms with van der Waals surface area (Å²) in [6, 6.07) is 6.08. The Labute approximate surface area is 125 Å². The molecule has 5 heteroatoms. The fraction of sp³-hybridized carbons (Fsp3) is 0.562. The summed E-state index contributed by atoms with van der Waals surface area (Å²) in [7, 11) is 0. The molecule has 1 aromatic rings. The molecule has 0 bridgehead atoms. The van der Waals surface area contributed by atoms with Gasteiger partial charge in [0.2, 0.25) is 5.91 Å². The van der Waals surface area contributed by atoms with Crippen molar-refractivity contribution in [1.29, 1.82) is 0 Å². The molecule has 0 aliphatic carbocycles. The van der Waals surface area contributed by atoms with Crippen LogP contribution < -0.4 is 10.6 Å². The molecule has 1 aliphatic rings. The number of ether oxygens (including phenoxy) is 1. The molecular weight excluding hydrogens is 271 g/mol. The molecule has 1 aliphatic heterocycles. The molecule has 0 radical (unpaired) electrons. The van der Waals surface area contributed by atoms with E-state index in [9.17, 15) is 9.18 Å². The zero-order valence-corrected chi connectivity index (χ0v) is 12.8. The lowest BCUT2D eigenvalue weighted by Crippen LogP contribution is -2.56. The van der Waals surface area contributed by atoms with Gasteiger partial charge in [-0.2, -0.15) is 0 Å². The first-order valence-corrected chi connectivity index (χ1v) is 7.29. The molecule has 2 rings (SSSR count). The van der Waals surface area contributed by atoms with Crippen molar-refractivity contribution in [2.75, 3.05) is 19.7 Å². The van der Waals surface area contributed by atoms with Gasteiger partial charge in [-0.15, -0.1) is 0 Å². The molecule has 0 aromatic heterocycles. The maximum atomic E-state index is 13.0. The molecular formula is C16H23FN2O2. The Balaban J connectivity index is 1.94. The van der Waals surface area contributed by atoms with Crippen LogP contribution in [0.4, 0.5) is 4.39 Å². The smallest absolute Gasteiger partial charge is 0.239 e. The molecule has 1 saturated heterocycles. The summed E-state index contributed by atoms with van der Waals surface area (Å²) >= 11 is 0. The molecule has 21 heavy (non-hydrogen) atoms. The third kappa shape index (κ3) is 4.02. The van der Waals surface area contributed by atoms with Crippen molar-refractivity contribution >= 4 is 5.91 Å². The molecule has 1 fully saturated rings. The van der Waals surface area contributed by atoms with Gasteiger partial charge in [0.25, 0.3) is 0 Å². The Morgan fingerprint density at radius 2 is 2.10 bits per heavy atom. The number of rotatable bonds is 4. The highest BCUT2D eigenvalue weighted by Crippen LogP contribution is 2.22. The average Bonchev–Trinajstić information content (AvgIpc) is 2.46. The van der Waals surface area contributed by atoms with Crippen LogP contribution in [0.1, 0.15) is 26.3 Å². The summed E-state index contributed by atoms with van der Waals surface area (Å²) < 4.78 is 18.5. The summed E-state index contributed by atoms with van der Waals surface area (Å²) in [6.45, 7) is 7.74. The van der Waals surface area contributed by atoms with Crippen LogP contribution in [0.25, 0.3) is 0 Å². The van der Waals surface area contributed by atoms with E-state index in [1.807, 2.05) is 20.8 Å². The van der Waals surface area contributed by atoms with Crippen LogP contribution in [-0.4, -0.2) is 37.7 Å². The molecule has 4 nitrogen and oxygen atoms in total. The lowest BCUT2D eigenvalue weighted by atomic mass is 9.84. The summed E-state index contributed by atoms with van der Waals surface area (Å²) in [4.78, 5) is 12.2. The number of hydrogen-bond acceptors (Lipinski definition) is 3. The number of morpholine rings is 1. The average molecular weight is 294 g/mol. The van der Waals surface area contributed by atoms with Gasteiger partial charge in [0.1, 0.15) is 11.9 Å². The van der Waals surface area contributed by atoms with Gasteiger partial charge >= 0.3 is 0 Å². The minimum absolute atomic E-state index is 0.0580. The van der Waals surface area contributed by atoms with Crippen LogP contribution in [0, 0.1) is 5.82 Å². The predicted molar refractivity (Wildman–Crippen MR) is 79.6 cm³/mol. The van der Waals surface area contributed by atoms with Crippen LogP contribution in [0.15, 0.2) is 24.3 Å². The van der Waals surface area contributed by atoms with Gasteiger partial charge in [0.05, 0.1) is 12.7 Å². The lowest BCUT2D eigenvalue weighted by Gasteiger charge is -2.31. The largest absolute Gasteiger partial charge is 0.375 e. The van der Waals surface area contributed by atoms with E-state index in [0.29, 0.717) is 19.7 Å². The second-order valence-electron chi connectivity index (χ2n) is 6.12. The molecule has 2 atom stereocenters. The number of nitrogens with one attached hydrogen (secondary N) is 2. The third-order valence-corrected chi connectivity index (χ3v) is 3.93. The first kappa shape index (κ1) is 15.9. The molecule has 0 saturated carbocycles. The van der Waals surface area contributed by atoms with E-state index >= 15 is 0 Å². The first-order chi connectivity index (χ1) is 9.90. The van der Waals surface area contributed by atoms with E-state index in [-0.39, 0.29) is 29.3 Å². The molecule has 0 spiro atoms. The fourth-order valence-electron chi connectivity index (χ4n) is 2.45. The summed E-state index contributed by atoms with van der Waals surface area (Å²) in [6.07, 6.45) is -0.132. The summed E-state index contributed by atoms with van der Waals surface area (Å²) in [5.74, 6) is -0.312. The lowest BCUT2D eigenvalue weighted by molar-refractivity contribution is -0.129. The Morgan fingerprint density at radius 3 is 2.71 bits per heavy atom. The van der Waals surface area contributed by atoms with Gasteiger partial charge in [-0.3, -0.25) is 4.79 Å². The number of halogens is 1. The van der Waals surface area contributed by atoms with E-state index in [0.717, 1.165) is 5.56 Å². The first-order valence-electron chi connectivity index (χ1n) is 7.29. The van der Waals surface area contributed by atoms with E-state index in [2.05, 4.69) is 10.6 Å². The number of hydrogen-bond donors (Lipinski definition) is 2. The molecule has 1 aromatic carbocycles. The molecule has 0 unspecified atom stereocenters. The SMILES string of the molecule is C[C@H]1OCCN[C@@H]1C(=O)NCC(C)(C)c1ccc(F)cc1. The van der Waals surface area contributed by atoms with Crippen molar-refractivity contribution in [2.24, 2.45) is 0 Å². The van der Waals surface area contributed by atoms with Crippen molar-refractivity contribution in [3.05, 3.63) is 35.6 Å². The second kappa shape index (κ2) is 6.54. The van der Waals surface area contributed by atoms with Crippen molar-refractivity contribution in [3.8, 4) is 0 Å². The molecule has 116 valence electrons. The van der Waals surface area contributed by atoms with Crippen molar-refractivity contribution in [3.63, 3.8) is 0 Å². The highest BCUT2D eigenvalue weighted by molar-refractivity contribution is 5.82. The van der Waals surface area contributed by atoms with Crippen molar-refractivity contribution in [1.82, 2.24) is 10.6 Å². The van der Waals surface area contributed by atoms with E-state index in [1.165, 1.54) is 12.1 Å². The normalized spacial score (nSPS) is 22.9. The van der Waals surface area contributed by atoms with Crippen LogP contribution in [-0.2, 0) is 14.9 Å². The van der Waals surface area contributed by atoms with E-state index in [4.69, 9.17) is 4.74 Å². The maximum Gasteiger partial charge on any atom is 0.239 e. The van der Waals surface area contributed by atoms with Crippen LogP contribution in [0.3, 0.4) is 0 Å². The number of carbonyl (C=O) groups excluding carboxylic acids is 1. The monoisotopic (exact) mass is 294 g/mol. The maximum absolute atomic E-state index is 13.0. The van der Waals surface area contributed by atoms with Crippen molar-refractivity contribution < 1.29 is 13.9 Å². The molecule has 1 amide bonds. The van der Waals surface area contributed by atoms with Crippen molar-refractivity contribution in [2.45, 2.75) is 38.3 Å². The Kier molecular flexibility index (Phi) is 4.96. The molecule has 1 heterocycles. The highest BCUT2D eigenvalue weighted by Gasteiger charge is 2.30. The Bertz CT molecular complexity index is 488. The van der Waals surface area contributed by atoms with Gasteiger partial charge < -0.3 is 15.4 Å². The minimum atomic E-state index is -0.317. The van der Waals surface area contributed by atoms with Gasteiger partial charge in [-0.05, 0) is 24.6 Å². The Morgan fingerprint density at radius 1 is 1.43 bits per heavy atom. The van der Waals surface area contributed by atoms with E-state index < -0.39 is 0 Å². The van der Waals surface area contributed by atoms with E-state index in [1.54, 1.807) is 12.1 Å². The highest BCUT2D eigenvalue weighted by atomic mass is 19.1. The summed E-state index contributed by atoms with van der Waals surface area (Å²) in [5.41, 5.74) is 0.729. The summed E-state index contributed by atoms with van der Waals surface area (Å²) in [5, 5.41) is 6.13. The second-order valence-corrected chi connectivity index (χ2v) is 6.12. The van der Waals surface area contributed by atoms with Crippen LogP contribution in [0.5, 0.6) is 0 Å². The van der Waals surface area contributed by atoms with Gasteiger partial charge in [-0.1, -0.05) is 26.0 Å². The number of amides is 1. The third-order valence-electron chi connectivity index (χ3n) is 3.93. The quantitative estimate of drug-likeness (QED) is 0.887. The zero-order chi connectivity index (χ0) is 15.5. The molecule has 2 N–H and O–H groups in total. The number of carbonyl (C=O) groups is 1. The van der Waals surface area contributed by atoms with Crippen LogP contribution in [0.2, 0.25) is 0 Å². The minimum Gasteiger partial charge on any atom is -0.375 e. The fourth-order valence-corrected chi connectivity index (χ4v) is 2.45. The van der Waals surface area contributed by atoms with Gasteiger partial charge in [0, 0.05) is 18.5 Å². The van der Waals surface area contributed by atoms with Gasteiger partial charge in [-0.25, -0.2) is 4.39 Å². The van der Waals surface area contributed by atoms with Crippen LogP contribution >= 0.6 is 0 Å². The Hall–Kier alpha value is -1.46.